The largest absolute Gasteiger partial charge is 0.341 e. The molecule has 0 aliphatic carbocycles. The zero-order valence-corrected chi connectivity index (χ0v) is 18.3. The lowest BCUT2D eigenvalue weighted by Gasteiger charge is -2.30. The molecule has 0 bridgehead atoms. The smallest absolute Gasteiger partial charge is 0.293 e. The fourth-order valence-electron chi connectivity index (χ4n) is 4.08. The molecule has 4 rings (SSSR count). The summed E-state index contributed by atoms with van der Waals surface area (Å²) in [6.45, 7) is 6.52. The van der Waals surface area contributed by atoms with Gasteiger partial charge in [-0.25, -0.2) is 0 Å². The second-order valence-electron chi connectivity index (χ2n) is 8.13. The number of benzene rings is 1. The van der Waals surface area contributed by atoms with Crippen molar-refractivity contribution in [2.45, 2.75) is 39.7 Å². The molecule has 0 saturated carbocycles. The quantitative estimate of drug-likeness (QED) is 0.669. The molecule has 2 aliphatic rings. The van der Waals surface area contributed by atoms with Crippen molar-refractivity contribution in [2.75, 3.05) is 19.6 Å². The van der Waals surface area contributed by atoms with E-state index in [-0.39, 0.29) is 23.6 Å². The van der Waals surface area contributed by atoms with Gasteiger partial charge in [-0.1, -0.05) is 32.0 Å². The molecule has 158 valence electrons. The standard InChI is InChI=1S/C23H27N3O3S/c1-3-10-26-22(28)20(30-23(26)29)13-17-14-25(19-7-5-4-6-18(17)19)15-21(27)24-11-8-16(2)9-12-24/h4-7,13-14,16H,3,8-12,15H2,1-2H3/b20-13-. The van der Waals surface area contributed by atoms with Crippen molar-refractivity contribution in [3.63, 3.8) is 0 Å². The van der Waals surface area contributed by atoms with Gasteiger partial charge >= 0.3 is 0 Å². The van der Waals surface area contributed by atoms with Crippen LogP contribution >= 0.6 is 11.8 Å². The summed E-state index contributed by atoms with van der Waals surface area (Å²) >= 11 is 0.985. The average molecular weight is 426 g/mol. The number of amides is 3. The predicted molar refractivity (Wildman–Crippen MR) is 120 cm³/mol. The molecule has 1 aromatic heterocycles. The summed E-state index contributed by atoms with van der Waals surface area (Å²) in [7, 11) is 0. The predicted octanol–water partition coefficient (Wildman–Crippen LogP) is 4.35. The number of thioether (sulfide) groups is 1. The van der Waals surface area contributed by atoms with Gasteiger partial charge in [0.2, 0.25) is 5.91 Å². The fourth-order valence-corrected chi connectivity index (χ4v) is 4.94. The molecule has 0 unspecified atom stereocenters. The summed E-state index contributed by atoms with van der Waals surface area (Å²) in [6.07, 6.45) is 6.55. The number of carbonyl (C=O) groups excluding carboxylic acids is 3. The summed E-state index contributed by atoms with van der Waals surface area (Å²) in [5, 5.41) is 0.756. The van der Waals surface area contributed by atoms with Crippen LogP contribution in [0.15, 0.2) is 35.4 Å². The van der Waals surface area contributed by atoms with Crippen molar-refractivity contribution in [1.82, 2.24) is 14.4 Å². The molecule has 0 radical (unpaired) electrons. The zero-order valence-electron chi connectivity index (χ0n) is 17.5. The van der Waals surface area contributed by atoms with E-state index in [1.54, 1.807) is 6.08 Å². The second-order valence-corrected chi connectivity index (χ2v) is 9.12. The van der Waals surface area contributed by atoms with Crippen molar-refractivity contribution in [1.29, 1.82) is 0 Å². The maximum atomic E-state index is 12.9. The van der Waals surface area contributed by atoms with E-state index in [1.165, 1.54) is 4.90 Å². The first-order valence-electron chi connectivity index (χ1n) is 10.6. The summed E-state index contributed by atoms with van der Waals surface area (Å²) in [5.41, 5.74) is 1.81. The Balaban J connectivity index is 1.61. The number of hydrogen-bond donors (Lipinski definition) is 0. The molecule has 2 saturated heterocycles. The maximum absolute atomic E-state index is 12.9. The highest BCUT2D eigenvalue weighted by atomic mass is 32.2. The van der Waals surface area contributed by atoms with E-state index < -0.39 is 0 Å². The molecule has 6 nitrogen and oxygen atoms in total. The molecule has 3 heterocycles. The summed E-state index contributed by atoms with van der Waals surface area (Å²) in [5.74, 6) is 0.566. The van der Waals surface area contributed by atoms with Crippen LogP contribution in [0.4, 0.5) is 4.79 Å². The minimum atomic E-state index is -0.234. The van der Waals surface area contributed by atoms with Gasteiger partial charge in [-0.05, 0) is 49.1 Å². The number of imide groups is 1. The number of hydrogen-bond acceptors (Lipinski definition) is 4. The summed E-state index contributed by atoms with van der Waals surface area (Å²) in [6, 6.07) is 7.87. The normalized spacial score (nSPS) is 19.5. The molecule has 3 amide bonds. The van der Waals surface area contributed by atoms with Gasteiger partial charge in [0.25, 0.3) is 11.1 Å². The Morgan fingerprint density at radius 1 is 1.20 bits per heavy atom. The SMILES string of the molecule is CCCN1C(=O)S/C(=C\c2cn(CC(=O)N3CCC(C)CC3)c3ccccc23)C1=O. The third kappa shape index (κ3) is 4.03. The van der Waals surface area contributed by atoms with Crippen molar-refractivity contribution >= 4 is 45.8 Å². The van der Waals surface area contributed by atoms with E-state index in [2.05, 4.69) is 6.92 Å². The van der Waals surface area contributed by atoms with E-state index in [9.17, 15) is 14.4 Å². The van der Waals surface area contributed by atoms with Crippen LogP contribution in [0.2, 0.25) is 0 Å². The Morgan fingerprint density at radius 2 is 1.93 bits per heavy atom. The van der Waals surface area contributed by atoms with Crippen LogP contribution in [0.1, 0.15) is 38.7 Å². The van der Waals surface area contributed by atoms with Crippen molar-refractivity contribution in [3.8, 4) is 0 Å². The number of para-hydroxylation sites is 1. The van der Waals surface area contributed by atoms with Gasteiger partial charge in [-0.3, -0.25) is 19.3 Å². The van der Waals surface area contributed by atoms with Crippen molar-refractivity contribution < 1.29 is 14.4 Å². The van der Waals surface area contributed by atoms with Crippen molar-refractivity contribution in [2.24, 2.45) is 5.92 Å². The van der Waals surface area contributed by atoms with Gasteiger partial charge in [0, 0.05) is 42.3 Å². The first-order chi connectivity index (χ1) is 14.5. The summed E-state index contributed by atoms with van der Waals surface area (Å²) < 4.78 is 1.96. The third-order valence-corrected chi connectivity index (χ3v) is 6.78. The van der Waals surface area contributed by atoms with Gasteiger partial charge < -0.3 is 9.47 Å². The van der Waals surface area contributed by atoms with E-state index in [1.807, 2.05) is 46.9 Å². The molecular weight excluding hydrogens is 398 g/mol. The molecule has 0 spiro atoms. The Kier molecular flexibility index (Phi) is 5.99. The van der Waals surface area contributed by atoms with Crippen LogP contribution in [0, 0.1) is 5.92 Å². The van der Waals surface area contributed by atoms with Crippen LogP contribution in [0.3, 0.4) is 0 Å². The van der Waals surface area contributed by atoms with Gasteiger partial charge in [0.05, 0.1) is 4.91 Å². The number of likely N-dealkylation sites (tertiary alicyclic amines) is 1. The molecule has 7 heteroatoms. The van der Waals surface area contributed by atoms with Crippen molar-refractivity contribution in [3.05, 3.63) is 40.9 Å². The molecular formula is C23H27N3O3S. The van der Waals surface area contributed by atoms with E-state index in [0.29, 0.717) is 17.4 Å². The van der Waals surface area contributed by atoms with Crippen LogP contribution in [-0.4, -0.2) is 51.1 Å². The highest BCUT2D eigenvalue weighted by Crippen LogP contribution is 2.34. The lowest BCUT2D eigenvalue weighted by Crippen LogP contribution is -2.39. The Labute approximate surface area is 180 Å². The van der Waals surface area contributed by atoms with E-state index >= 15 is 0 Å². The van der Waals surface area contributed by atoms with Gasteiger partial charge in [-0.2, -0.15) is 0 Å². The number of nitrogens with zero attached hydrogens (tertiary/aromatic N) is 3. The monoisotopic (exact) mass is 425 g/mol. The van der Waals surface area contributed by atoms with E-state index in [4.69, 9.17) is 0 Å². The van der Waals surface area contributed by atoms with Crippen LogP contribution < -0.4 is 0 Å². The molecule has 0 atom stereocenters. The lowest BCUT2D eigenvalue weighted by atomic mass is 9.99. The molecule has 30 heavy (non-hydrogen) atoms. The molecule has 1 aromatic carbocycles. The Morgan fingerprint density at radius 3 is 2.67 bits per heavy atom. The Hall–Kier alpha value is -2.54. The fraction of sp³-hybridized carbons (Fsp3) is 0.435. The van der Waals surface area contributed by atoms with Gasteiger partial charge in [0.1, 0.15) is 6.54 Å². The first kappa shape index (κ1) is 20.7. The maximum Gasteiger partial charge on any atom is 0.293 e. The third-order valence-electron chi connectivity index (χ3n) is 5.87. The molecule has 0 N–H and O–H groups in total. The number of piperidine rings is 1. The minimum absolute atomic E-state index is 0.123. The topological polar surface area (TPSA) is 62.6 Å². The number of rotatable bonds is 5. The highest BCUT2D eigenvalue weighted by molar-refractivity contribution is 8.18. The van der Waals surface area contributed by atoms with Gasteiger partial charge in [0.15, 0.2) is 0 Å². The lowest BCUT2D eigenvalue weighted by molar-refractivity contribution is -0.133. The second kappa shape index (κ2) is 8.68. The van der Waals surface area contributed by atoms with Crippen LogP contribution in [0.25, 0.3) is 17.0 Å². The molecule has 2 aromatic rings. The first-order valence-corrected chi connectivity index (χ1v) is 11.4. The number of fused-ring (bicyclic) bond motifs is 1. The molecule has 2 aliphatic heterocycles. The molecule has 2 fully saturated rings. The highest BCUT2D eigenvalue weighted by Gasteiger charge is 2.34. The van der Waals surface area contributed by atoms with Gasteiger partial charge in [-0.15, -0.1) is 0 Å². The van der Waals surface area contributed by atoms with Crippen LogP contribution in [-0.2, 0) is 16.1 Å². The average Bonchev–Trinajstić information content (AvgIpc) is 3.21. The van der Waals surface area contributed by atoms with Crippen LogP contribution in [0.5, 0.6) is 0 Å². The van der Waals surface area contributed by atoms with E-state index in [0.717, 1.165) is 60.6 Å². The number of carbonyl (C=O) groups is 3. The Bertz CT molecular complexity index is 1020. The minimum Gasteiger partial charge on any atom is -0.341 e. The number of aromatic nitrogens is 1. The summed E-state index contributed by atoms with van der Waals surface area (Å²) in [4.78, 5) is 41.3. The zero-order chi connectivity index (χ0) is 21.3.